The maximum Gasteiger partial charge on any atom is 0.511 e. The summed E-state index contributed by atoms with van der Waals surface area (Å²) < 4.78 is 25.8. The lowest BCUT2D eigenvalue weighted by atomic mass is 10.2. The Kier molecular flexibility index (Phi) is 7.25. The second-order valence-corrected chi connectivity index (χ2v) is 4.80. The quantitative estimate of drug-likeness (QED) is 0.286. The highest BCUT2D eigenvalue weighted by atomic mass is 31.2. The fourth-order valence-corrected chi connectivity index (χ4v) is 1.72. The molecule has 0 bridgehead atoms. The van der Waals surface area contributed by atoms with E-state index in [-0.39, 0.29) is 19.1 Å². The van der Waals surface area contributed by atoms with Crippen molar-refractivity contribution in [3.63, 3.8) is 0 Å². The molecule has 94 valence electrons. The molecule has 0 radical (unpaired) electrons. The molecule has 0 aromatic rings. The zero-order valence-electron chi connectivity index (χ0n) is 9.67. The van der Waals surface area contributed by atoms with Crippen LogP contribution in [0.2, 0.25) is 0 Å². The summed E-state index contributed by atoms with van der Waals surface area (Å²) >= 11 is 0. The highest BCUT2D eigenvalue weighted by molar-refractivity contribution is 7.48. The van der Waals surface area contributed by atoms with Crippen LogP contribution >= 0.6 is 7.82 Å². The van der Waals surface area contributed by atoms with Crippen LogP contribution < -0.4 is 0 Å². The number of hydrogen-bond acceptors (Lipinski definition) is 6. The minimum Gasteiger partial charge on any atom is -0.285 e. The van der Waals surface area contributed by atoms with E-state index in [0.29, 0.717) is 0 Å². The van der Waals surface area contributed by atoms with Crippen molar-refractivity contribution >= 4 is 13.8 Å². The van der Waals surface area contributed by atoms with Crippen molar-refractivity contribution in [1.82, 2.24) is 0 Å². The molecule has 0 aromatic heterocycles. The fraction of sp³-hybridized carbons (Fsp3) is 0.667. The second kappa shape index (κ2) is 7.57. The van der Waals surface area contributed by atoms with Gasteiger partial charge in [-0.05, 0) is 12.8 Å². The van der Waals surface area contributed by atoms with E-state index in [1.807, 2.05) is 13.8 Å². The SMILES string of the molecule is C=CC(=O)OOP(=O)(OCC)OCC(C)C. The van der Waals surface area contributed by atoms with Crippen LogP contribution in [-0.2, 0) is 28.0 Å². The second-order valence-electron chi connectivity index (χ2n) is 3.24. The normalized spacial score (nSPS) is 14.5. The minimum atomic E-state index is -3.83. The molecular weight excluding hydrogens is 235 g/mol. The van der Waals surface area contributed by atoms with E-state index >= 15 is 0 Å². The van der Waals surface area contributed by atoms with Crippen molar-refractivity contribution in [3.05, 3.63) is 12.7 Å². The summed E-state index contributed by atoms with van der Waals surface area (Å²) in [6.07, 6.45) is 0.874. The van der Waals surface area contributed by atoms with Gasteiger partial charge in [-0.1, -0.05) is 25.1 Å². The number of carbonyl (C=O) groups excluding carboxylic acids is 1. The van der Waals surface area contributed by atoms with Crippen LogP contribution in [0.1, 0.15) is 20.8 Å². The molecule has 0 saturated heterocycles. The first-order valence-electron chi connectivity index (χ1n) is 4.85. The molecule has 0 N–H and O–H groups in total. The highest BCUT2D eigenvalue weighted by Crippen LogP contribution is 2.49. The molecule has 0 rings (SSSR count). The zero-order chi connectivity index (χ0) is 12.6. The van der Waals surface area contributed by atoms with E-state index in [2.05, 4.69) is 16.1 Å². The predicted molar refractivity (Wildman–Crippen MR) is 57.4 cm³/mol. The molecule has 16 heavy (non-hydrogen) atoms. The first-order chi connectivity index (χ1) is 7.43. The molecule has 7 heteroatoms. The van der Waals surface area contributed by atoms with E-state index in [1.165, 1.54) is 0 Å². The number of hydrogen-bond donors (Lipinski definition) is 0. The van der Waals surface area contributed by atoms with Gasteiger partial charge in [-0.15, -0.1) is 0 Å². The summed E-state index contributed by atoms with van der Waals surface area (Å²) in [6.45, 7) is 8.79. The van der Waals surface area contributed by atoms with Crippen LogP contribution in [0, 0.1) is 5.92 Å². The van der Waals surface area contributed by atoms with Crippen LogP contribution in [0.5, 0.6) is 0 Å². The third-order valence-electron chi connectivity index (χ3n) is 1.23. The van der Waals surface area contributed by atoms with Gasteiger partial charge in [-0.3, -0.25) is 13.9 Å². The van der Waals surface area contributed by atoms with Crippen LogP contribution in [0.25, 0.3) is 0 Å². The third kappa shape index (κ3) is 6.74. The van der Waals surface area contributed by atoms with E-state index < -0.39 is 13.8 Å². The van der Waals surface area contributed by atoms with Gasteiger partial charge in [0.15, 0.2) is 0 Å². The van der Waals surface area contributed by atoms with Crippen molar-refractivity contribution in [2.75, 3.05) is 13.2 Å². The lowest BCUT2D eigenvalue weighted by Crippen LogP contribution is -2.08. The Morgan fingerprint density at radius 1 is 1.44 bits per heavy atom. The summed E-state index contributed by atoms with van der Waals surface area (Å²) in [4.78, 5) is 14.9. The molecule has 0 fully saturated rings. The number of phosphoric acid groups is 1. The summed E-state index contributed by atoms with van der Waals surface area (Å²) in [5, 5.41) is 0. The third-order valence-corrected chi connectivity index (χ3v) is 2.53. The first-order valence-corrected chi connectivity index (χ1v) is 6.31. The average Bonchev–Trinajstić information content (AvgIpc) is 2.24. The first kappa shape index (κ1) is 15.3. The maximum absolute atomic E-state index is 11.8. The molecule has 0 spiro atoms. The Morgan fingerprint density at radius 3 is 2.50 bits per heavy atom. The van der Waals surface area contributed by atoms with E-state index in [1.54, 1.807) is 6.92 Å². The van der Waals surface area contributed by atoms with Crippen LogP contribution in [0.3, 0.4) is 0 Å². The average molecular weight is 252 g/mol. The molecule has 0 aliphatic carbocycles. The largest absolute Gasteiger partial charge is 0.511 e. The molecule has 0 aliphatic heterocycles. The van der Waals surface area contributed by atoms with Crippen LogP contribution in [0.4, 0.5) is 0 Å². The van der Waals surface area contributed by atoms with Crippen molar-refractivity contribution in [2.24, 2.45) is 5.92 Å². The Labute approximate surface area is 95.1 Å². The van der Waals surface area contributed by atoms with Crippen LogP contribution in [-0.4, -0.2) is 19.2 Å². The van der Waals surface area contributed by atoms with Gasteiger partial charge in [0.1, 0.15) is 0 Å². The Balaban J connectivity index is 4.26. The van der Waals surface area contributed by atoms with Gasteiger partial charge in [0.05, 0.1) is 13.2 Å². The van der Waals surface area contributed by atoms with E-state index in [0.717, 1.165) is 6.08 Å². The molecule has 6 nitrogen and oxygen atoms in total. The van der Waals surface area contributed by atoms with Crippen LogP contribution in [0.15, 0.2) is 12.7 Å². The number of rotatable bonds is 8. The standard InChI is InChI=1S/C9H17O6P/c1-5-9(10)14-15-16(11,12-6-2)13-7-8(3)4/h5,8H,1,6-7H2,2-4H3. The summed E-state index contributed by atoms with van der Waals surface area (Å²) in [5.41, 5.74) is 0. The number of phosphoric ester groups is 1. The van der Waals surface area contributed by atoms with Gasteiger partial charge in [-0.2, -0.15) is 0 Å². The molecule has 0 heterocycles. The van der Waals surface area contributed by atoms with Crippen molar-refractivity contribution in [3.8, 4) is 0 Å². The van der Waals surface area contributed by atoms with E-state index in [4.69, 9.17) is 9.05 Å². The molecule has 0 aromatic carbocycles. The predicted octanol–water partition coefficient (Wildman–Crippen LogP) is 2.46. The maximum atomic E-state index is 11.8. The highest BCUT2D eigenvalue weighted by Gasteiger charge is 2.29. The molecule has 1 unspecified atom stereocenters. The summed E-state index contributed by atoms with van der Waals surface area (Å²) in [6, 6.07) is 0. The number of carbonyl (C=O) groups is 1. The minimum absolute atomic E-state index is 0.112. The Morgan fingerprint density at radius 2 is 2.06 bits per heavy atom. The van der Waals surface area contributed by atoms with Gasteiger partial charge in [-0.25, -0.2) is 9.36 Å². The zero-order valence-corrected chi connectivity index (χ0v) is 10.6. The van der Waals surface area contributed by atoms with E-state index in [9.17, 15) is 9.36 Å². The monoisotopic (exact) mass is 252 g/mol. The van der Waals surface area contributed by atoms with Gasteiger partial charge in [0, 0.05) is 6.08 Å². The lowest BCUT2D eigenvalue weighted by molar-refractivity contribution is -0.219. The van der Waals surface area contributed by atoms with Gasteiger partial charge in [0.25, 0.3) is 0 Å². The molecule has 0 aliphatic rings. The summed E-state index contributed by atoms with van der Waals surface area (Å²) in [7, 11) is -3.83. The van der Waals surface area contributed by atoms with Crippen molar-refractivity contribution in [1.29, 1.82) is 0 Å². The van der Waals surface area contributed by atoms with Crippen molar-refractivity contribution < 1.29 is 28.0 Å². The molecule has 1 atom stereocenters. The Bertz CT molecular complexity index is 275. The summed E-state index contributed by atoms with van der Waals surface area (Å²) in [5.74, 6) is -0.722. The Hall–Kier alpha value is -0.680. The van der Waals surface area contributed by atoms with Gasteiger partial charge < -0.3 is 0 Å². The fourth-order valence-electron chi connectivity index (χ4n) is 0.595. The molecule has 0 amide bonds. The molecule has 0 saturated carbocycles. The topological polar surface area (TPSA) is 71.1 Å². The lowest BCUT2D eigenvalue weighted by Gasteiger charge is -2.15. The van der Waals surface area contributed by atoms with Gasteiger partial charge >= 0.3 is 13.8 Å². The molecular formula is C9H17O6P. The van der Waals surface area contributed by atoms with Gasteiger partial charge in [0.2, 0.25) is 0 Å². The van der Waals surface area contributed by atoms with Crippen molar-refractivity contribution in [2.45, 2.75) is 20.8 Å². The smallest absolute Gasteiger partial charge is 0.285 e.